The highest BCUT2D eigenvalue weighted by Crippen LogP contribution is 2.18. The summed E-state index contributed by atoms with van der Waals surface area (Å²) in [5.74, 6) is 0. The second kappa shape index (κ2) is 7.37. The number of nitrogens with one attached hydrogen (secondary N) is 1. The molecule has 1 saturated heterocycles. The van der Waals surface area contributed by atoms with Crippen LogP contribution in [0.1, 0.15) is 32.4 Å². The zero-order valence-electron chi connectivity index (χ0n) is 13.4. The molecule has 0 aromatic carbocycles. The van der Waals surface area contributed by atoms with Gasteiger partial charge in [-0.2, -0.15) is 4.52 Å². The molecule has 0 saturated carbocycles. The minimum absolute atomic E-state index is 0.0991. The summed E-state index contributed by atoms with van der Waals surface area (Å²) >= 11 is 1.39. The van der Waals surface area contributed by atoms with Gasteiger partial charge < -0.3 is 14.8 Å². The predicted molar refractivity (Wildman–Crippen MR) is 89.4 cm³/mol. The van der Waals surface area contributed by atoms with Gasteiger partial charge in [-0.05, 0) is 19.8 Å². The highest BCUT2D eigenvalue weighted by molar-refractivity contribution is 7.20. The SMILES string of the molecule is CCCc1cc(=O)n2nc(NC(C)COC3CCOC3)sc2n1. The third-order valence-electron chi connectivity index (χ3n) is 3.64. The number of rotatable bonds is 7. The molecule has 0 amide bonds. The van der Waals surface area contributed by atoms with E-state index in [1.807, 2.05) is 6.92 Å². The summed E-state index contributed by atoms with van der Waals surface area (Å²) in [4.78, 5) is 17.2. The highest BCUT2D eigenvalue weighted by Gasteiger charge is 2.17. The average Bonchev–Trinajstić information content (AvgIpc) is 3.15. The molecule has 1 fully saturated rings. The molecule has 0 radical (unpaired) electrons. The summed E-state index contributed by atoms with van der Waals surface area (Å²) in [6, 6.07) is 1.66. The number of hydrogen-bond acceptors (Lipinski definition) is 7. The lowest BCUT2D eigenvalue weighted by atomic mass is 10.2. The summed E-state index contributed by atoms with van der Waals surface area (Å²) < 4.78 is 12.4. The predicted octanol–water partition coefficient (Wildman–Crippen LogP) is 1.71. The Morgan fingerprint density at radius 3 is 3.22 bits per heavy atom. The fourth-order valence-corrected chi connectivity index (χ4v) is 3.41. The van der Waals surface area contributed by atoms with E-state index in [1.54, 1.807) is 6.07 Å². The van der Waals surface area contributed by atoms with E-state index < -0.39 is 0 Å². The van der Waals surface area contributed by atoms with Gasteiger partial charge in [-0.25, -0.2) is 4.98 Å². The van der Waals surface area contributed by atoms with E-state index in [0.29, 0.717) is 23.3 Å². The van der Waals surface area contributed by atoms with Crippen LogP contribution in [0.3, 0.4) is 0 Å². The summed E-state index contributed by atoms with van der Waals surface area (Å²) in [5.41, 5.74) is 0.695. The normalized spacial score (nSPS) is 19.3. The lowest BCUT2D eigenvalue weighted by molar-refractivity contribution is 0.0395. The van der Waals surface area contributed by atoms with Crippen LogP contribution in [-0.4, -0.2) is 46.6 Å². The molecule has 0 bridgehead atoms. The Kier molecular flexibility index (Phi) is 5.24. The first-order valence-electron chi connectivity index (χ1n) is 8.01. The maximum absolute atomic E-state index is 12.1. The number of nitrogens with zero attached hydrogens (tertiary/aromatic N) is 3. The van der Waals surface area contributed by atoms with E-state index in [-0.39, 0.29) is 17.7 Å². The van der Waals surface area contributed by atoms with Gasteiger partial charge in [0.2, 0.25) is 10.1 Å². The molecule has 2 aromatic heterocycles. The zero-order valence-corrected chi connectivity index (χ0v) is 14.3. The smallest absolute Gasteiger partial charge is 0.275 e. The first-order valence-corrected chi connectivity index (χ1v) is 8.83. The standard InChI is InChI=1S/C15H22N4O3S/c1-3-4-11-7-13(20)19-15(17-11)23-14(18-19)16-10(2)8-22-12-5-6-21-9-12/h7,10,12H,3-6,8-9H2,1-2H3,(H,16,18). The Labute approximate surface area is 138 Å². The molecule has 3 rings (SSSR count). The second-order valence-corrected chi connectivity index (χ2v) is 6.76. The molecule has 23 heavy (non-hydrogen) atoms. The van der Waals surface area contributed by atoms with E-state index in [1.165, 1.54) is 15.9 Å². The summed E-state index contributed by atoms with van der Waals surface area (Å²) in [5, 5.41) is 8.26. The van der Waals surface area contributed by atoms with Crippen LogP contribution in [0.15, 0.2) is 10.9 Å². The topological polar surface area (TPSA) is 77.8 Å². The van der Waals surface area contributed by atoms with E-state index in [4.69, 9.17) is 9.47 Å². The Hall–Kier alpha value is -1.51. The molecule has 0 aliphatic carbocycles. The van der Waals surface area contributed by atoms with Gasteiger partial charge in [-0.1, -0.05) is 24.7 Å². The minimum atomic E-state index is -0.130. The molecule has 1 aliphatic rings. The van der Waals surface area contributed by atoms with Gasteiger partial charge in [-0.3, -0.25) is 4.79 Å². The average molecular weight is 338 g/mol. The van der Waals surface area contributed by atoms with Crippen molar-refractivity contribution in [1.29, 1.82) is 0 Å². The van der Waals surface area contributed by atoms with Crippen molar-refractivity contribution < 1.29 is 9.47 Å². The Morgan fingerprint density at radius 1 is 1.61 bits per heavy atom. The van der Waals surface area contributed by atoms with Crippen LogP contribution in [0.4, 0.5) is 5.13 Å². The monoisotopic (exact) mass is 338 g/mol. The first-order chi connectivity index (χ1) is 11.2. The quantitative estimate of drug-likeness (QED) is 0.828. The molecule has 1 aliphatic heterocycles. The van der Waals surface area contributed by atoms with Crippen molar-refractivity contribution in [2.45, 2.75) is 45.3 Å². The van der Waals surface area contributed by atoms with Crippen molar-refractivity contribution in [2.75, 3.05) is 25.1 Å². The van der Waals surface area contributed by atoms with Gasteiger partial charge in [0.25, 0.3) is 5.56 Å². The van der Waals surface area contributed by atoms with E-state index in [0.717, 1.165) is 31.6 Å². The Bertz CT molecular complexity index is 708. The van der Waals surface area contributed by atoms with Crippen LogP contribution in [0.2, 0.25) is 0 Å². The lowest BCUT2D eigenvalue weighted by Crippen LogP contribution is -2.26. The van der Waals surface area contributed by atoms with Crippen LogP contribution < -0.4 is 10.9 Å². The fourth-order valence-electron chi connectivity index (χ4n) is 2.48. The molecule has 0 spiro atoms. The van der Waals surface area contributed by atoms with Gasteiger partial charge in [0.15, 0.2) is 0 Å². The van der Waals surface area contributed by atoms with Crippen LogP contribution in [0, 0.1) is 0 Å². The lowest BCUT2D eigenvalue weighted by Gasteiger charge is -2.15. The molecule has 2 unspecified atom stereocenters. The van der Waals surface area contributed by atoms with Crippen molar-refractivity contribution in [3.63, 3.8) is 0 Å². The number of aromatic nitrogens is 3. The summed E-state index contributed by atoms with van der Waals surface area (Å²) in [6.45, 7) is 6.13. The third-order valence-corrected chi connectivity index (χ3v) is 4.48. The van der Waals surface area contributed by atoms with Crippen LogP contribution >= 0.6 is 11.3 Å². The van der Waals surface area contributed by atoms with Crippen molar-refractivity contribution in [2.24, 2.45) is 0 Å². The van der Waals surface area contributed by atoms with Crippen molar-refractivity contribution in [1.82, 2.24) is 14.6 Å². The summed E-state index contributed by atoms with van der Waals surface area (Å²) in [6.07, 6.45) is 2.91. The molecule has 7 nitrogen and oxygen atoms in total. The van der Waals surface area contributed by atoms with E-state index in [9.17, 15) is 4.79 Å². The molecular formula is C15H22N4O3S. The third kappa shape index (κ3) is 4.07. The molecule has 3 heterocycles. The van der Waals surface area contributed by atoms with Crippen LogP contribution in [0.5, 0.6) is 0 Å². The molecule has 8 heteroatoms. The van der Waals surface area contributed by atoms with Crippen molar-refractivity contribution in [3.05, 3.63) is 22.1 Å². The molecule has 1 N–H and O–H groups in total. The largest absolute Gasteiger partial charge is 0.379 e. The fraction of sp³-hybridized carbons (Fsp3) is 0.667. The molecule has 2 aromatic rings. The van der Waals surface area contributed by atoms with Gasteiger partial charge in [-0.15, -0.1) is 5.10 Å². The molecule has 2 atom stereocenters. The Morgan fingerprint density at radius 2 is 2.48 bits per heavy atom. The molecule has 126 valence electrons. The minimum Gasteiger partial charge on any atom is -0.379 e. The number of aryl methyl sites for hydroxylation is 1. The van der Waals surface area contributed by atoms with E-state index >= 15 is 0 Å². The van der Waals surface area contributed by atoms with Gasteiger partial charge in [0, 0.05) is 24.4 Å². The number of ether oxygens (including phenoxy) is 2. The van der Waals surface area contributed by atoms with Crippen molar-refractivity contribution in [3.8, 4) is 0 Å². The van der Waals surface area contributed by atoms with Gasteiger partial charge >= 0.3 is 0 Å². The number of hydrogen-bond donors (Lipinski definition) is 1. The number of fused-ring (bicyclic) bond motifs is 1. The number of anilines is 1. The van der Waals surface area contributed by atoms with Crippen LogP contribution in [-0.2, 0) is 15.9 Å². The van der Waals surface area contributed by atoms with E-state index in [2.05, 4.69) is 22.3 Å². The van der Waals surface area contributed by atoms with Gasteiger partial charge in [0.05, 0.1) is 19.3 Å². The first kappa shape index (κ1) is 16.4. The van der Waals surface area contributed by atoms with Crippen LogP contribution in [0.25, 0.3) is 4.96 Å². The second-order valence-electron chi connectivity index (χ2n) is 5.80. The summed E-state index contributed by atoms with van der Waals surface area (Å²) in [7, 11) is 0. The zero-order chi connectivity index (χ0) is 16.2. The van der Waals surface area contributed by atoms with Crippen molar-refractivity contribution >= 4 is 21.4 Å². The molecular weight excluding hydrogens is 316 g/mol. The highest BCUT2D eigenvalue weighted by atomic mass is 32.1. The maximum atomic E-state index is 12.1. The van der Waals surface area contributed by atoms with Gasteiger partial charge in [0.1, 0.15) is 0 Å². The maximum Gasteiger partial charge on any atom is 0.275 e. The Balaban J connectivity index is 1.65.